The highest BCUT2D eigenvalue weighted by atomic mass is 35.5. The van der Waals surface area contributed by atoms with Crippen LogP contribution in [0.25, 0.3) is 0 Å². The molecule has 0 bridgehead atoms. The summed E-state index contributed by atoms with van der Waals surface area (Å²) < 4.78 is 12.3. The Kier molecular flexibility index (Phi) is 5.22. The van der Waals surface area contributed by atoms with Gasteiger partial charge in [-0.3, -0.25) is 4.21 Å². The quantitative estimate of drug-likeness (QED) is 0.901. The summed E-state index contributed by atoms with van der Waals surface area (Å²) in [5, 5.41) is 4.50. The Bertz CT molecular complexity index is 424. The van der Waals surface area contributed by atoms with Crippen molar-refractivity contribution in [3.05, 3.63) is 34.9 Å². The molecule has 1 aromatic rings. The second kappa shape index (κ2) is 6.69. The van der Waals surface area contributed by atoms with Gasteiger partial charge >= 0.3 is 0 Å². The highest BCUT2D eigenvalue weighted by Gasteiger charge is 2.28. The molecule has 18 heavy (non-hydrogen) atoms. The fourth-order valence-electron chi connectivity index (χ4n) is 2.54. The first kappa shape index (κ1) is 14.0. The minimum absolute atomic E-state index is 0.324. The van der Waals surface area contributed by atoms with Gasteiger partial charge in [-0.25, -0.2) is 0 Å². The minimum Gasteiger partial charge on any atom is -0.314 e. The Morgan fingerprint density at radius 1 is 1.39 bits per heavy atom. The molecule has 3 atom stereocenters. The SMILES string of the molecule is CCNC1CCC(S(=O)Cc2ccccc2Cl)C1. The molecule has 1 aromatic carbocycles. The molecule has 2 rings (SSSR count). The van der Waals surface area contributed by atoms with Gasteiger partial charge in [0, 0.05) is 27.1 Å². The molecule has 1 saturated carbocycles. The van der Waals surface area contributed by atoms with Crippen LogP contribution in [0, 0.1) is 0 Å². The second-order valence-corrected chi connectivity index (χ2v) is 6.93. The Morgan fingerprint density at radius 3 is 2.89 bits per heavy atom. The maximum absolute atomic E-state index is 12.3. The van der Waals surface area contributed by atoms with Crippen LogP contribution in [0.2, 0.25) is 5.02 Å². The van der Waals surface area contributed by atoms with E-state index in [2.05, 4.69) is 12.2 Å². The summed E-state index contributed by atoms with van der Waals surface area (Å²) in [5.41, 5.74) is 1.00. The van der Waals surface area contributed by atoms with Crippen LogP contribution in [-0.2, 0) is 16.6 Å². The summed E-state index contributed by atoms with van der Waals surface area (Å²) >= 11 is 6.11. The highest BCUT2D eigenvalue weighted by molar-refractivity contribution is 7.84. The van der Waals surface area contributed by atoms with Gasteiger partial charge in [0.25, 0.3) is 0 Å². The molecule has 4 heteroatoms. The van der Waals surface area contributed by atoms with Crippen molar-refractivity contribution in [1.82, 2.24) is 5.32 Å². The number of nitrogens with one attached hydrogen (secondary N) is 1. The van der Waals surface area contributed by atoms with Crippen LogP contribution in [0.4, 0.5) is 0 Å². The normalized spacial score (nSPS) is 25.2. The topological polar surface area (TPSA) is 29.1 Å². The number of halogens is 1. The lowest BCUT2D eigenvalue weighted by Gasteiger charge is -2.12. The third-order valence-corrected chi connectivity index (χ3v) is 5.64. The largest absolute Gasteiger partial charge is 0.314 e. The van der Waals surface area contributed by atoms with Crippen LogP contribution in [0.3, 0.4) is 0 Å². The van der Waals surface area contributed by atoms with Crippen LogP contribution in [0.5, 0.6) is 0 Å². The molecule has 2 nitrogen and oxygen atoms in total. The fraction of sp³-hybridized carbons (Fsp3) is 0.571. The molecule has 0 spiro atoms. The van der Waals surface area contributed by atoms with Gasteiger partial charge in [0.1, 0.15) is 0 Å². The number of rotatable bonds is 5. The van der Waals surface area contributed by atoms with E-state index in [1.54, 1.807) is 0 Å². The van der Waals surface area contributed by atoms with Crippen molar-refractivity contribution in [3.63, 3.8) is 0 Å². The summed E-state index contributed by atoms with van der Waals surface area (Å²) in [6.45, 7) is 3.11. The molecular weight excluding hydrogens is 266 g/mol. The maximum atomic E-state index is 12.3. The van der Waals surface area contributed by atoms with Crippen molar-refractivity contribution >= 4 is 22.4 Å². The lowest BCUT2D eigenvalue weighted by Crippen LogP contribution is -2.27. The van der Waals surface area contributed by atoms with Crippen molar-refractivity contribution in [1.29, 1.82) is 0 Å². The zero-order valence-corrected chi connectivity index (χ0v) is 12.3. The zero-order chi connectivity index (χ0) is 13.0. The summed E-state index contributed by atoms with van der Waals surface area (Å²) in [6, 6.07) is 8.25. The molecule has 0 aliphatic heterocycles. The number of benzene rings is 1. The van der Waals surface area contributed by atoms with E-state index < -0.39 is 10.8 Å². The molecule has 0 radical (unpaired) electrons. The van der Waals surface area contributed by atoms with Gasteiger partial charge in [-0.15, -0.1) is 0 Å². The van der Waals surface area contributed by atoms with Gasteiger partial charge in [0.2, 0.25) is 0 Å². The summed E-state index contributed by atoms with van der Waals surface area (Å²) in [6.07, 6.45) is 3.24. The molecular formula is C14H20ClNOS. The van der Waals surface area contributed by atoms with Crippen molar-refractivity contribution in [2.45, 2.75) is 43.2 Å². The van der Waals surface area contributed by atoms with Crippen LogP contribution >= 0.6 is 11.6 Å². The van der Waals surface area contributed by atoms with Gasteiger partial charge in [0.05, 0.1) is 5.75 Å². The van der Waals surface area contributed by atoms with Crippen LogP contribution < -0.4 is 5.32 Å². The van der Waals surface area contributed by atoms with E-state index in [0.717, 1.165) is 36.4 Å². The molecule has 1 N–H and O–H groups in total. The van der Waals surface area contributed by atoms with E-state index in [1.807, 2.05) is 24.3 Å². The molecule has 100 valence electrons. The first-order valence-corrected chi connectivity index (χ1v) is 8.30. The minimum atomic E-state index is -0.805. The van der Waals surface area contributed by atoms with E-state index in [-0.39, 0.29) is 0 Å². The first-order chi connectivity index (χ1) is 8.70. The average Bonchev–Trinajstić information content (AvgIpc) is 2.81. The monoisotopic (exact) mass is 285 g/mol. The van der Waals surface area contributed by atoms with Crippen molar-refractivity contribution < 1.29 is 4.21 Å². The summed E-state index contributed by atoms with van der Waals surface area (Å²) in [7, 11) is -0.805. The third-order valence-electron chi connectivity index (χ3n) is 3.50. The Balaban J connectivity index is 1.91. The van der Waals surface area contributed by atoms with Crippen molar-refractivity contribution in [3.8, 4) is 0 Å². The Labute approximate surface area is 117 Å². The average molecular weight is 286 g/mol. The maximum Gasteiger partial charge on any atom is 0.0503 e. The van der Waals surface area contributed by atoms with Crippen molar-refractivity contribution in [2.75, 3.05) is 6.54 Å². The highest BCUT2D eigenvalue weighted by Crippen LogP contribution is 2.26. The van der Waals surface area contributed by atoms with E-state index in [4.69, 9.17) is 11.6 Å². The predicted molar refractivity (Wildman–Crippen MR) is 78.4 cm³/mol. The van der Waals surface area contributed by atoms with Crippen LogP contribution in [0.15, 0.2) is 24.3 Å². The number of hydrogen-bond acceptors (Lipinski definition) is 2. The van der Waals surface area contributed by atoms with Crippen LogP contribution in [-0.4, -0.2) is 22.0 Å². The standard InChI is InChI=1S/C14H20ClNOS/c1-2-16-12-7-8-13(9-12)18(17)10-11-5-3-4-6-14(11)15/h3-6,12-13,16H,2,7-10H2,1H3. The van der Waals surface area contributed by atoms with E-state index in [0.29, 0.717) is 17.0 Å². The molecule has 1 fully saturated rings. The summed E-state index contributed by atoms with van der Waals surface area (Å²) in [5.74, 6) is 0.586. The van der Waals surface area contributed by atoms with Gasteiger partial charge in [0.15, 0.2) is 0 Å². The van der Waals surface area contributed by atoms with Gasteiger partial charge in [-0.05, 0) is 37.4 Å². The summed E-state index contributed by atoms with van der Waals surface area (Å²) in [4.78, 5) is 0. The smallest absolute Gasteiger partial charge is 0.0503 e. The fourth-order valence-corrected chi connectivity index (χ4v) is 4.46. The van der Waals surface area contributed by atoms with Crippen LogP contribution in [0.1, 0.15) is 31.7 Å². The van der Waals surface area contributed by atoms with Crippen molar-refractivity contribution in [2.24, 2.45) is 0 Å². The van der Waals surface area contributed by atoms with E-state index >= 15 is 0 Å². The molecule has 0 aromatic heterocycles. The third kappa shape index (κ3) is 3.56. The molecule has 0 heterocycles. The lowest BCUT2D eigenvalue weighted by molar-refractivity contribution is 0.542. The Morgan fingerprint density at radius 2 is 2.17 bits per heavy atom. The van der Waals surface area contributed by atoms with Gasteiger partial charge < -0.3 is 5.32 Å². The Hall–Kier alpha value is -0.380. The van der Waals surface area contributed by atoms with Gasteiger partial charge in [-0.1, -0.05) is 36.7 Å². The first-order valence-electron chi connectivity index (χ1n) is 6.54. The van der Waals surface area contributed by atoms with E-state index in [9.17, 15) is 4.21 Å². The predicted octanol–water partition coefficient (Wildman–Crippen LogP) is 3.12. The van der Waals surface area contributed by atoms with E-state index in [1.165, 1.54) is 0 Å². The van der Waals surface area contributed by atoms with Gasteiger partial charge in [-0.2, -0.15) is 0 Å². The molecule has 1 aliphatic rings. The second-order valence-electron chi connectivity index (χ2n) is 4.81. The molecule has 0 amide bonds. The molecule has 0 saturated heterocycles. The lowest BCUT2D eigenvalue weighted by atomic mass is 10.2. The zero-order valence-electron chi connectivity index (χ0n) is 10.7. The molecule has 3 unspecified atom stereocenters. The number of hydrogen-bond donors (Lipinski definition) is 1. The molecule has 1 aliphatic carbocycles.